The van der Waals surface area contributed by atoms with E-state index in [1.165, 1.54) is 24.2 Å². The van der Waals surface area contributed by atoms with Crippen molar-refractivity contribution in [1.82, 2.24) is 19.9 Å². The number of nitrogens with zero attached hydrogens (tertiary/aromatic N) is 3. The first-order valence-corrected chi connectivity index (χ1v) is 7.71. The molecule has 0 radical (unpaired) electrons. The van der Waals surface area contributed by atoms with Crippen molar-refractivity contribution in [1.29, 1.82) is 0 Å². The Morgan fingerprint density at radius 2 is 2.25 bits per heavy atom. The van der Waals surface area contributed by atoms with Crippen LogP contribution in [0.1, 0.15) is 19.0 Å². The van der Waals surface area contributed by atoms with Gasteiger partial charge >= 0.3 is 0 Å². The topological polar surface area (TPSA) is 83.6 Å². The fourth-order valence-electron chi connectivity index (χ4n) is 1.48. The molecule has 8 heteroatoms. The highest BCUT2D eigenvalue weighted by molar-refractivity contribution is 9.10. The maximum absolute atomic E-state index is 11.4. The Bertz CT molecular complexity index is 661. The zero-order chi connectivity index (χ0) is 14.5. The van der Waals surface area contributed by atoms with Crippen LogP contribution >= 0.6 is 27.7 Å². The number of aryl methyl sites for hydroxylation is 1. The zero-order valence-electron chi connectivity index (χ0n) is 11.1. The molecule has 2 aromatic heterocycles. The summed E-state index contributed by atoms with van der Waals surface area (Å²) in [6.45, 7) is 4.70. The second-order valence-corrected chi connectivity index (χ2v) is 5.83. The first-order chi connectivity index (χ1) is 9.60. The largest absolute Gasteiger partial charge is 0.369 e. The third-order valence-corrected chi connectivity index (χ3v) is 4.24. The van der Waals surface area contributed by atoms with E-state index in [-0.39, 0.29) is 5.56 Å². The van der Waals surface area contributed by atoms with E-state index in [1.807, 2.05) is 0 Å². The predicted octanol–water partition coefficient (Wildman–Crippen LogP) is 2.60. The number of anilines is 1. The number of rotatable bonds is 5. The maximum atomic E-state index is 11.4. The Kier molecular flexibility index (Phi) is 5.13. The first kappa shape index (κ1) is 15.0. The van der Waals surface area contributed by atoms with E-state index in [1.54, 1.807) is 6.92 Å². The summed E-state index contributed by atoms with van der Waals surface area (Å²) < 4.78 is 0.766. The van der Waals surface area contributed by atoms with E-state index in [0.717, 1.165) is 23.3 Å². The molecular formula is C12H14BrN5OS. The van der Waals surface area contributed by atoms with Gasteiger partial charge in [-0.25, -0.2) is 15.0 Å². The van der Waals surface area contributed by atoms with Gasteiger partial charge < -0.3 is 10.3 Å². The van der Waals surface area contributed by atoms with Crippen LogP contribution in [0, 0.1) is 6.92 Å². The van der Waals surface area contributed by atoms with E-state index >= 15 is 0 Å². The van der Waals surface area contributed by atoms with Crippen LogP contribution in [0.2, 0.25) is 0 Å². The van der Waals surface area contributed by atoms with Crippen LogP contribution < -0.4 is 10.9 Å². The molecule has 0 aromatic carbocycles. The average molecular weight is 356 g/mol. The molecular weight excluding hydrogens is 342 g/mol. The number of H-pyrrole nitrogens is 1. The average Bonchev–Trinajstić information content (AvgIpc) is 2.38. The summed E-state index contributed by atoms with van der Waals surface area (Å²) in [5.74, 6) is 0.736. The van der Waals surface area contributed by atoms with Crippen molar-refractivity contribution < 1.29 is 0 Å². The molecule has 0 spiro atoms. The number of halogens is 1. The minimum absolute atomic E-state index is 0.172. The van der Waals surface area contributed by atoms with Gasteiger partial charge in [0.2, 0.25) is 0 Å². The van der Waals surface area contributed by atoms with Crippen molar-refractivity contribution >= 4 is 33.5 Å². The summed E-state index contributed by atoms with van der Waals surface area (Å²) in [6, 6.07) is 1.45. The van der Waals surface area contributed by atoms with E-state index in [9.17, 15) is 4.79 Å². The molecule has 20 heavy (non-hydrogen) atoms. The summed E-state index contributed by atoms with van der Waals surface area (Å²) in [6.07, 6.45) is 2.49. The number of aromatic amines is 1. The fraction of sp³-hybridized carbons (Fsp3) is 0.333. The normalized spacial score (nSPS) is 10.6. The zero-order valence-corrected chi connectivity index (χ0v) is 13.5. The second kappa shape index (κ2) is 6.85. The molecule has 0 saturated heterocycles. The highest BCUT2D eigenvalue weighted by atomic mass is 79.9. The molecule has 0 fully saturated rings. The Labute approximate surface area is 129 Å². The molecule has 0 aliphatic rings. The summed E-state index contributed by atoms with van der Waals surface area (Å²) in [4.78, 5) is 26.8. The van der Waals surface area contributed by atoms with Crippen molar-refractivity contribution in [3.05, 3.63) is 32.9 Å². The van der Waals surface area contributed by atoms with E-state index < -0.39 is 0 Å². The summed E-state index contributed by atoms with van der Waals surface area (Å²) >= 11 is 4.76. The van der Waals surface area contributed by atoms with Gasteiger partial charge in [-0.3, -0.25) is 4.79 Å². The molecule has 6 nitrogen and oxygen atoms in total. The third-order valence-electron chi connectivity index (χ3n) is 2.34. The van der Waals surface area contributed by atoms with Crippen LogP contribution in [0.5, 0.6) is 0 Å². The highest BCUT2D eigenvalue weighted by Crippen LogP contribution is 2.32. The van der Waals surface area contributed by atoms with Crippen LogP contribution in [0.25, 0.3) is 0 Å². The van der Waals surface area contributed by atoms with E-state index in [4.69, 9.17) is 0 Å². The van der Waals surface area contributed by atoms with Crippen molar-refractivity contribution in [3.63, 3.8) is 0 Å². The van der Waals surface area contributed by atoms with Gasteiger partial charge in [0, 0.05) is 18.3 Å². The summed E-state index contributed by atoms with van der Waals surface area (Å²) in [7, 11) is 0. The Morgan fingerprint density at radius 3 is 2.95 bits per heavy atom. The monoisotopic (exact) mass is 355 g/mol. The molecule has 0 atom stereocenters. The molecule has 106 valence electrons. The second-order valence-electron chi connectivity index (χ2n) is 4.06. The van der Waals surface area contributed by atoms with Gasteiger partial charge in [0.15, 0.2) is 5.16 Å². The maximum Gasteiger partial charge on any atom is 0.251 e. The molecule has 0 unspecified atom stereocenters. The molecule has 0 aliphatic heterocycles. The number of aromatic nitrogens is 4. The lowest BCUT2D eigenvalue weighted by Crippen LogP contribution is -2.08. The van der Waals surface area contributed by atoms with Crippen LogP contribution in [0.4, 0.5) is 5.82 Å². The lowest BCUT2D eigenvalue weighted by Gasteiger charge is -2.08. The van der Waals surface area contributed by atoms with Crippen LogP contribution in [-0.4, -0.2) is 26.5 Å². The molecule has 2 heterocycles. The van der Waals surface area contributed by atoms with Gasteiger partial charge in [-0.2, -0.15) is 0 Å². The van der Waals surface area contributed by atoms with Gasteiger partial charge in [0.1, 0.15) is 17.2 Å². The number of nitrogens with one attached hydrogen (secondary N) is 2. The predicted molar refractivity (Wildman–Crippen MR) is 82.2 cm³/mol. The van der Waals surface area contributed by atoms with Crippen molar-refractivity contribution in [2.24, 2.45) is 0 Å². The third kappa shape index (κ3) is 3.80. The van der Waals surface area contributed by atoms with E-state index in [0.29, 0.717) is 15.9 Å². The summed E-state index contributed by atoms with van der Waals surface area (Å²) in [5, 5.41) is 4.42. The smallest absolute Gasteiger partial charge is 0.251 e. The molecule has 2 N–H and O–H groups in total. The van der Waals surface area contributed by atoms with Crippen LogP contribution in [-0.2, 0) is 0 Å². The molecule has 0 bridgehead atoms. The Hall–Kier alpha value is -1.41. The van der Waals surface area contributed by atoms with Crippen molar-refractivity contribution in [2.45, 2.75) is 30.5 Å². The fourth-order valence-corrected chi connectivity index (χ4v) is 2.88. The Balaban J connectivity index is 2.27. The van der Waals surface area contributed by atoms with Gasteiger partial charge in [-0.1, -0.05) is 6.92 Å². The SMILES string of the molecule is CCCNc1ncnc(Sc2nc(C)cc(=O)[nH]2)c1Br. The minimum Gasteiger partial charge on any atom is -0.369 e. The van der Waals surface area contributed by atoms with Crippen molar-refractivity contribution in [3.8, 4) is 0 Å². The van der Waals surface area contributed by atoms with Gasteiger partial charge in [0.25, 0.3) is 5.56 Å². The first-order valence-electron chi connectivity index (χ1n) is 6.10. The quantitative estimate of drug-likeness (QED) is 0.633. The lowest BCUT2D eigenvalue weighted by atomic mass is 10.4. The number of hydrogen-bond donors (Lipinski definition) is 2. The minimum atomic E-state index is -0.172. The molecule has 0 aliphatic carbocycles. The lowest BCUT2D eigenvalue weighted by molar-refractivity contribution is 0.897. The summed E-state index contributed by atoms with van der Waals surface area (Å²) in [5.41, 5.74) is 0.500. The molecule has 2 rings (SSSR count). The Morgan fingerprint density at radius 1 is 1.45 bits per heavy atom. The number of hydrogen-bond acceptors (Lipinski definition) is 6. The molecule has 0 amide bonds. The van der Waals surface area contributed by atoms with Gasteiger partial charge in [0.05, 0.1) is 4.47 Å². The highest BCUT2D eigenvalue weighted by Gasteiger charge is 2.11. The van der Waals surface area contributed by atoms with E-state index in [2.05, 4.69) is 48.1 Å². The molecule has 0 saturated carbocycles. The standard InChI is InChI=1S/C12H14BrN5OS/c1-3-4-14-10-9(13)11(16-6-15-10)20-12-17-7(2)5-8(19)18-12/h5-6H,3-4H2,1-2H3,(H,14,15,16)(H,17,18,19). The molecule has 2 aromatic rings. The van der Waals surface area contributed by atoms with Gasteiger partial charge in [-0.05, 0) is 41.0 Å². The van der Waals surface area contributed by atoms with Gasteiger partial charge in [-0.15, -0.1) is 0 Å². The van der Waals surface area contributed by atoms with Crippen molar-refractivity contribution in [2.75, 3.05) is 11.9 Å². The van der Waals surface area contributed by atoms with Crippen LogP contribution in [0.15, 0.2) is 31.8 Å². The van der Waals surface area contributed by atoms with Crippen LogP contribution in [0.3, 0.4) is 0 Å².